The summed E-state index contributed by atoms with van der Waals surface area (Å²) in [6, 6.07) is 1.54. The number of methoxy groups -OCH3 is 1. The van der Waals surface area contributed by atoms with Gasteiger partial charge in [-0.05, 0) is 0 Å². The van der Waals surface area contributed by atoms with Gasteiger partial charge in [-0.25, -0.2) is 14.8 Å². The predicted octanol–water partition coefficient (Wildman–Crippen LogP) is 0.141. The molecule has 1 atom stereocenters. The van der Waals surface area contributed by atoms with Crippen LogP contribution in [0.1, 0.15) is 6.42 Å². The van der Waals surface area contributed by atoms with E-state index in [0.29, 0.717) is 24.7 Å². The molecule has 2 N–H and O–H groups in total. The monoisotopic (exact) mass is 239 g/mol. The van der Waals surface area contributed by atoms with Gasteiger partial charge in [0.25, 0.3) is 0 Å². The molecule has 0 aromatic carbocycles. The Bertz CT molecular complexity index is 418. The van der Waals surface area contributed by atoms with Crippen LogP contribution in [0.3, 0.4) is 0 Å². The number of carboxylic acid groups (broad SMARTS) is 1. The molecule has 17 heavy (non-hydrogen) atoms. The van der Waals surface area contributed by atoms with Crippen LogP contribution in [0.15, 0.2) is 12.4 Å². The topological polar surface area (TPSA) is 93.6 Å². The zero-order valence-electron chi connectivity index (χ0n) is 9.34. The number of aliphatic carboxylic acids is 1. The van der Waals surface area contributed by atoms with Crippen LogP contribution in [0.5, 0.6) is 5.88 Å². The van der Waals surface area contributed by atoms with Crippen LogP contribution in [0.25, 0.3) is 0 Å². The van der Waals surface area contributed by atoms with Crippen molar-refractivity contribution in [2.45, 2.75) is 12.0 Å². The second kappa shape index (κ2) is 4.54. The van der Waals surface area contributed by atoms with E-state index in [-0.39, 0.29) is 6.61 Å². The summed E-state index contributed by atoms with van der Waals surface area (Å²) in [6.45, 7) is 0.538. The maximum Gasteiger partial charge on any atom is 0.331 e. The first-order chi connectivity index (χ1) is 8.16. The van der Waals surface area contributed by atoms with Gasteiger partial charge < -0.3 is 19.9 Å². The molecule has 2 rings (SSSR count). The van der Waals surface area contributed by atoms with Crippen molar-refractivity contribution in [3.05, 3.63) is 12.4 Å². The highest BCUT2D eigenvalue weighted by molar-refractivity contribution is 5.83. The fraction of sp³-hybridized carbons (Fsp3) is 0.500. The first kappa shape index (κ1) is 11.6. The molecule has 1 unspecified atom stereocenters. The molecule has 0 aliphatic carbocycles. The molecule has 1 aromatic rings. The normalized spacial score (nSPS) is 23.4. The summed E-state index contributed by atoms with van der Waals surface area (Å²) in [6.07, 6.45) is 1.71. The SMILES string of the molecule is COc1cc(NC2(C(=O)O)CCOC2)ncn1. The van der Waals surface area contributed by atoms with E-state index in [1.54, 1.807) is 6.07 Å². The van der Waals surface area contributed by atoms with Crippen LogP contribution in [-0.2, 0) is 9.53 Å². The lowest BCUT2D eigenvalue weighted by Crippen LogP contribution is -2.47. The minimum absolute atomic E-state index is 0.120. The van der Waals surface area contributed by atoms with E-state index in [9.17, 15) is 9.90 Å². The average Bonchev–Trinajstić information content (AvgIpc) is 2.79. The lowest BCUT2D eigenvalue weighted by Gasteiger charge is -2.24. The predicted molar refractivity (Wildman–Crippen MR) is 58.0 cm³/mol. The van der Waals surface area contributed by atoms with Crippen LogP contribution in [0.2, 0.25) is 0 Å². The molecule has 1 saturated heterocycles. The van der Waals surface area contributed by atoms with E-state index in [4.69, 9.17) is 9.47 Å². The Morgan fingerprint density at radius 3 is 3.06 bits per heavy atom. The fourth-order valence-electron chi connectivity index (χ4n) is 1.65. The summed E-state index contributed by atoms with van der Waals surface area (Å²) in [5, 5.41) is 12.1. The van der Waals surface area contributed by atoms with Gasteiger partial charge in [0.1, 0.15) is 12.1 Å². The van der Waals surface area contributed by atoms with Crippen LogP contribution in [-0.4, -0.2) is 46.9 Å². The van der Waals surface area contributed by atoms with Crippen molar-refractivity contribution < 1.29 is 19.4 Å². The second-order valence-corrected chi connectivity index (χ2v) is 3.76. The largest absolute Gasteiger partial charge is 0.481 e. The van der Waals surface area contributed by atoms with Crippen LogP contribution >= 0.6 is 0 Å². The molecular formula is C10H13N3O4. The molecule has 7 heteroatoms. The number of ether oxygens (including phenoxy) is 2. The quantitative estimate of drug-likeness (QED) is 0.771. The average molecular weight is 239 g/mol. The molecule has 1 aliphatic heterocycles. The van der Waals surface area contributed by atoms with Gasteiger partial charge in [0.15, 0.2) is 5.54 Å². The number of nitrogens with one attached hydrogen (secondary N) is 1. The Labute approximate surface area is 97.8 Å². The Balaban J connectivity index is 2.20. The second-order valence-electron chi connectivity index (χ2n) is 3.76. The molecule has 0 saturated carbocycles. The summed E-state index contributed by atoms with van der Waals surface area (Å²) in [4.78, 5) is 19.1. The van der Waals surface area contributed by atoms with Gasteiger partial charge in [-0.1, -0.05) is 0 Å². The van der Waals surface area contributed by atoms with Crippen molar-refractivity contribution in [3.8, 4) is 5.88 Å². The minimum atomic E-state index is -1.11. The standard InChI is InChI=1S/C10H13N3O4/c1-16-8-4-7(11-6-12-8)13-10(9(14)15)2-3-17-5-10/h4,6H,2-3,5H2,1H3,(H,14,15)(H,11,12,13). The number of hydrogen-bond acceptors (Lipinski definition) is 6. The highest BCUT2D eigenvalue weighted by Gasteiger charge is 2.43. The van der Waals surface area contributed by atoms with Crippen LogP contribution in [0, 0.1) is 0 Å². The Morgan fingerprint density at radius 2 is 2.47 bits per heavy atom. The lowest BCUT2D eigenvalue weighted by atomic mass is 9.99. The highest BCUT2D eigenvalue weighted by Crippen LogP contribution is 2.24. The molecule has 2 heterocycles. The lowest BCUT2D eigenvalue weighted by molar-refractivity contribution is -0.142. The molecule has 0 spiro atoms. The summed E-state index contributed by atoms with van der Waals surface area (Å²) in [5.41, 5.74) is -1.11. The number of nitrogens with zero attached hydrogens (tertiary/aromatic N) is 2. The van der Waals surface area contributed by atoms with E-state index in [1.165, 1.54) is 13.4 Å². The smallest absolute Gasteiger partial charge is 0.331 e. The van der Waals surface area contributed by atoms with Gasteiger partial charge in [0.05, 0.1) is 13.7 Å². The summed E-state index contributed by atoms with van der Waals surface area (Å²) < 4.78 is 10.1. The van der Waals surface area contributed by atoms with Crippen molar-refractivity contribution >= 4 is 11.8 Å². The number of rotatable bonds is 4. The number of carbonyl (C=O) groups is 1. The third kappa shape index (κ3) is 2.28. The first-order valence-electron chi connectivity index (χ1n) is 5.12. The van der Waals surface area contributed by atoms with Gasteiger partial charge in [0, 0.05) is 19.1 Å². The van der Waals surface area contributed by atoms with Gasteiger partial charge in [0.2, 0.25) is 5.88 Å². The molecule has 0 radical (unpaired) electrons. The van der Waals surface area contributed by atoms with Crippen LogP contribution in [0.4, 0.5) is 5.82 Å². The van der Waals surface area contributed by atoms with Crippen molar-refractivity contribution in [2.24, 2.45) is 0 Å². The fourth-order valence-corrected chi connectivity index (χ4v) is 1.65. The van der Waals surface area contributed by atoms with Gasteiger partial charge in [-0.3, -0.25) is 0 Å². The summed E-state index contributed by atoms with van der Waals surface area (Å²) in [5.74, 6) is -0.167. The molecule has 92 valence electrons. The summed E-state index contributed by atoms with van der Waals surface area (Å²) >= 11 is 0. The Morgan fingerprint density at radius 1 is 1.65 bits per heavy atom. The van der Waals surface area contributed by atoms with Crippen molar-refractivity contribution in [3.63, 3.8) is 0 Å². The number of carboxylic acids is 1. The summed E-state index contributed by atoms with van der Waals surface area (Å²) in [7, 11) is 1.48. The maximum absolute atomic E-state index is 11.3. The molecule has 1 aromatic heterocycles. The van der Waals surface area contributed by atoms with E-state index in [2.05, 4.69) is 15.3 Å². The van der Waals surface area contributed by atoms with Crippen molar-refractivity contribution in [1.82, 2.24) is 9.97 Å². The Hall–Kier alpha value is -1.89. The zero-order chi connectivity index (χ0) is 12.3. The molecule has 7 nitrogen and oxygen atoms in total. The van der Waals surface area contributed by atoms with Gasteiger partial charge in [-0.15, -0.1) is 0 Å². The van der Waals surface area contributed by atoms with Gasteiger partial charge >= 0.3 is 5.97 Å². The van der Waals surface area contributed by atoms with Crippen LogP contribution < -0.4 is 10.1 Å². The number of aromatic nitrogens is 2. The van der Waals surface area contributed by atoms with Gasteiger partial charge in [-0.2, -0.15) is 0 Å². The zero-order valence-corrected chi connectivity index (χ0v) is 9.34. The number of anilines is 1. The first-order valence-corrected chi connectivity index (χ1v) is 5.12. The van der Waals surface area contributed by atoms with E-state index < -0.39 is 11.5 Å². The molecule has 0 amide bonds. The van der Waals surface area contributed by atoms with Crippen molar-refractivity contribution in [1.29, 1.82) is 0 Å². The van der Waals surface area contributed by atoms with E-state index in [1.807, 2.05) is 0 Å². The Kier molecular flexibility index (Phi) is 3.10. The number of hydrogen-bond donors (Lipinski definition) is 2. The minimum Gasteiger partial charge on any atom is -0.481 e. The maximum atomic E-state index is 11.3. The third-order valence-corrected chi connectivity index (χ3v) is 2.65. The molecular weight excluding hydrogens is 226 g/mol. The highest BCUT2D eigenvalue weighted by atomic mass is 16.5. The van der Waals surface area contributed by atoms with E-state index in [0.717, 1.165) is 0 Å². The van der Waals surface area contributed by atoms with Crippen molar-refractivity contribution in [2.75, 3.05) is 25.6 Å². The molecule has 1 fully saturated rings. The molecule has 1 aliphatic rings. The molecule has 0 bridgehead atoms. The van der Waals surface area contributed by atoms with E-state index >= 15 is 0 Å². The third-order valence-electron chi connectivity index (χ3n) is 2.65.